The molecule has 0 fully saturated rings. The van der Waals surface area contributed by atoms with Gasteiger partial charge in [-0.25, -0.2) is 14.4 Å². The summed E-state index contributed by atoms with van der Waals surface area (Å²) in [6.07, 6.45) is 0. The van der Waals surface area contributed by atoms with Crippen LogP contribution in [0.15, 0.2) is 30.3 Å². The van der Waals surface area contributed by atoms with Crippen molar-refractivity contribution in [3.63, 3.8) is 0 Å². The summed E-state index contributed by atoms with van der Waals surface area (Å²) in [5, 5.41) is 3.14. The van der Waals surface area contributed by atoms with E-state index in [1.165, 1.54) is 12.1 Å². The summed E-state index contributed by atoms with van der Waals surface area (Å²) in [4.78, 5) is 8.63. The molecule has 2 aromatic rings. The standard InChI is InChI=1S/C14H16FN3O/c1-3-16-13-8-10(2)17-14(18-13)9-19-12-6-4-11(15)5-7-12/h4-8H,3,9H2,1-2H3,(H,16,17,18). The molecular weight excluding hydrogens is 245 g/mol. The van der Waals surface area contributed by atoms with Gasteiger partial charge in [0.25, 0.3) is 0 Å². The lowest BCUT2D eigenvalue weighted by Gasteiger charge is -2.08. The average Bonchev–Trinajstić information content (AvgIpc) is 2.38. The second-order valence-corrected chi connectivity index (χ2v) is 4.08. The highest BCUT2D eigenvalue weighted by molar-refractivity contribution is 5.35. The highest BCUT2D eigenvalue weighted by Gasteiger charge is 2.03. The first-order valence-electron chi connectivity index (χ1n) is 6.14. The van der Waals surface area contributed by atoms with Crippen LogP contribution in [0.3, 0.4) is 0 Å². The molecular formula is C14H16FN3O. The molecule has 5 heteroatoms. The van der Waals surface area contributed by atoms with E-state index in [1.54, 1.807) is 12.1 Å². The largest absolute Gasteiger partial charge is 0.486 e. The Kier molecular flexibility index (Phi) is 4.28. The molecule has 19 heavy (non-hydrogen) atoms. The molecule has 0 amide bonds. The van der Waals surface area contributed by atoms with Crippen molar-refractivity contribution < 1.29 is 9.13 Å². The van der Waals surface area contributed by atoms with E-state index in [2.05, 4.69) is 15.3 Å². The summed E-state index contributed by atoms with van der Waals surface area (Å²) in [7, 11) is 0. The van der Waals surface area contributed by atoms with Crippen molar-refractivity contribution in [3.8, 4) is 5.75 Å². The van der Waals surface area contributed by atoms with Gasteiger partial charge in [0.05, 0.1) is 0 Å². The van der Waals surface area contributed by atoms with Crippen LogP contribution in [0.1, 0.15) is 18.4 Å². The minimum absolute atomic E-state index is 0.256. The maximum atomic E-state index is 12.8. The van der Waals surface area contributed by atoms with Crippen molar-refractivity contribution in [2.75, 3.05) is 11.9 Å². The molecule has 0 aliphatic rings. The molecule has 0 bridgehead atoms. The van der Waals surface area contributed by atoms with Crippen LogP contribution in [-0.4, -0.2) is 16.5 Å². The van der Waals surface area contributed by atoms with Gasteiger partial charge >= 0.3 is 0 Å². The van der Waals surface area contributed by atoms with Crippen molar-refractivity contribution in [2.24, 2.45) is 0 Å². The SMILES string of the molecule is CCNc1cc(C)nc(COc2ccc(F)cc2)n1. The van der Waals surface area contributed by atoms with Gasteiger partial charge in [-0.3, -0.25) is 0 Å². The van der Waals surface area contributed by atoms with Crippen molar-refractivity contribution >= 4 is 5.82 Å². The van der Waals surface area contributed by atoms with E-state index in [9.17, 15) is 4.39 Å². The smallest absolute Gasteiger partial charge is 0.168 e. The molecule has 0 aliphatic carbocycles. The van der Waals surface area contributed by atoms with Gasteiger partial charge in [0.15, 0.2) is 5.82 Å². The molecule has 2 rings (SSSR count). The number of hydrogen-bond donors (Lipinski definition) is 1. The average molecular weight is 261 g/mol. The highest BCUT2D eigenvalue weighted by Crippen LogP contribution is 2.13. The summed E-state index contributed by atoms with van der Waals surface area (Å²) in [6.45, 7) is 4.97. The number of ether oxygens (including phenoxy) is 1. The van der Waals surface area contributed by atoms with Crippen LogP contribution in [0.2, 0.25) is 0 Å². The van der Waals surface area contributed by atoms with Gasteiger partial charge in [0.2, 0.25) is 0 Å². The third-order valence-corrected chi connectivity index (χ3v) is 2.44. The predicted octanol–water partition coefficient (Wildman–Crippen LogP) is 2.93. The zero-order chi connectivity index (χ0) is 13.7. The molecule has 0 saturated heterocycles. The summed E-state index contributed by atoms with van der Waals surface area (Å²) < 4.78 is 18.3. The Hall–Kier alpha value is -2.17. The Balaban J connectivity index is 2.04. The Bertz CT molecular complexity index is 543. The molecule has 100 valence electrons. The lowest BCUT2D eigenvalue weighted by molar-refractivity contribution is 0.295. The fourth-order valence-corrected chi connectivity index (χ4v) is 1.64. The van der Waals surface area contributed by atoms with Gasteiger partial charge in [0, 0.05) is 18.3 Å². The first-order chi connectivity index (χ1) is 9.17. The third kappa shape index (κ3) is 3.91. The monoisotopic (exact) mass is 261 g/mol. The van der Waals surface area contributed by atoms with E-state index in [-0.39, 0.29) is 12.4 Å². The fourth-order valence-electron chi connectivity index (χ4n) is 1.64. The minimum Gasteiger partial charge on any atom is -0.486 e. The molecule has 0 aliphatic heterocycles. The van der Waals surface area contributed by atoms with Gasteiger partial charge in [-0.1, -0.05) is 0 Å². The number of nitrogens with zero attached hydrogens (tertiary/aromatic N) is 2. The van der Waals surface area contributed by atoms with E-state index >= 15 is 0 Å². The van der Waals surface area contributed by atoms with Gasteiger partial charge in [0.1, 0.15) is 24.0 Å². The van der Waals surface area contributed by atoms with Crippen LogP contribution in [0.4, 0.5) is 10.2 Å². The van der Waals surface area contributed by atoms with Crippen LogP contribution < -0.4 is 10.1 Å². The summed E-state index contributed by atoms with van der Waals surface area (Å²) >= 11 is 0. The normalized spacial score (nSPS) is 10.3. The Morgan fingerprint density at radius 1 is 1.21 bits per heavy atom. The number of nitrogens with one attached hydrogen (secondary N) is 1. The lowest BCUT2D eigenvalue weighted by atomic mass is 10.3. The first kappa shape index (κ1) is 13.3. The van der Waals surface area contributed by atoms with Crippen LogP contribution in [-0.2, 0) is 6.61 Å². The first-order valence-corrected chi connectivity index (χ1v) is 6.14. The number of aryl methyl sites for hydroxylation is 1. The number of hydrogen-bond acceptors (Lipinski definition) is 4. The van der Waals surface area contributed by atoms with Crippen LogP contribution in [0.25, 0.3) is 0 Å². The van der Waals surface area contributed by atoms with E-state index in [0.29, 0.717) is 11.6 Å². The second-order valence-electron chi connectivity index (χ2n) is 4.08. The third-order valence-electron chi connectivity index (χ3n) is 2.44. The molecule has 0 saturated carbocycles. The zero-order valence-electron chi connectivity index (χ0n) is 11.0. The summed E-state index contributed by atoms with van der Waals surface area (Å²) in [5.74, 6) is 1.69. The van der Waals surface area contributed by atoms with Crippen LogP contribution in [0.5, 0.6) is 5.75 Å². The topological polar surface area (TPSA) is 47.0 Å². The molecule has 0 atom stereocenters. The Morgan fingerprint density at radius 3 is 2.63 bits per heavy atom. The lowest BCUT2D eigenvalue weighted by Crippen LogP contribution is -2.07. The summed E-state index contributed by atoms with van der Waals surface area (Å²) in [6, 6.07) is 7.75. The molecule has 1 N–H and O–H groups in total. The molecule has 1 aromatic heterocycles. The van der Waals surface area contributed by atoms with E-state index < -0.39 is 0 Å². The molecule has 1 aromatic carbocycles. The molecule has 0 spiro atoms. The second kappa shape index (κ2) is 6.13. The van der Waals surface area contributed by atoms with Gasteiger partial charge in [-0.05, 0) is 38.1 Å². The number of halogens is 1. The van der Waals surface area contributed by atoms with E-state index in [0.717, 1.165) is 18.1 Å². The molecule has 1 heterocycles. The van der Waals surface area contributed by atoms with E-state index in [1.807, 2.05) is 19.9 Å². The molecule has 0 radical (unpaired) electrons. The highest BCUT2D eigenvalue weighted by atomic mass is 19.1. The van der Waals surface area contributed by atoms with Crippen LogP contribution >= 0.6 is 0 Å². The summed E-state index contributed by atoms with van der Waals surface area (Å²) in [5.41, 5.74) is 0.878. The van der Waals surface area contributed by atoms with Crippen molar-refractivity contribution in [1.82, 2.24) is 9.97 Å². The van der Waals surface area contributed by atoms with E-state index in [4.69, 9.17) is 4.74 Å². The maximum absolute atomic E-state index is 12.8. The van der Waals surface area contributed by atoms with Gasteiger partial charge in [-0.15, -0.1) is 0 Å². The predicted molar refractivity (Wildman–Crippen MR) is 71.7 cm³/mol. The fraction of sp³-hybridized carbons (Fsp3) is 0.286. The zero-order valence-corrected chi connectivity index (χ0v) is 11.0. The number of aromatic nitrogens is 2. The maximum Gasteiger partial charge on any atom is 0.168 e. The van der Waals surface area contributed by atoms with Crippen LogP contribution in [0, 0.1) is 12.7 Å². The quantitative estimate of drug-likeness (QED) is 0.899. The van der Waals surface area contributed by atoms with Gasteiger partial charge in [-0.2, -0.15) is 0 Å². The number of anilines is 1. The van der Waals surface area contributed by atoms with Gasteiger partial charge < -0.3 is 10.1 Å². The Labute approximate surface area is 111 Å². The van der Waals surface area contributed by atoms with Crippen molar-refractivity contribution in [3.05, 3.63) is 47.7 Å². The van der Waals surface area contributed by atoms with Crippen molar-refractivity contribution in [1.29, 1.82) is 0 Å². The number of benzene rings is 1. The number of rotatable bonds is 5. The minimum atomic E-state index is -0.284. The molecule has 4 nitrogen and oxygen atoms in total. The molecule has 0 unspecified atom stereocenters. The Morgan fingerprint density at radius 2 is 1.95 bits per heavy atom. The van der Waals surface area contributed by atoms with Crippen molar-refractivity contribution in [2.45, 2.75) is 20.5 Å².